The van der Waals surface area contributed by atoms with Crippen molar-refractivity contribution < 1.29 is 33.8 Å². The Hall–Kier alpha value is -3.88. The Morgan fingerprint density at radius 3 is 2.33 bits per heavy atom. The van der Waals surface area contributed by atoms with E-state index in [4.69, 9.17) is 14.0 Å². The van der Waals surface area contributed by atoms with E-state index in [9.17, 15) is 15.1 Å². The van der Waals surface area contributed by atoms with Crippen LogP contribution in [0.1, 0.15) is 37.2 Å². The van der Waals surface area contributed by atoms with E-state index in [1.165, 1.54) is 0 Å². The van der Waals surface area contributed by atoms with E-state index in [-0.39, 0.29) is 17.1 Å². The molecule has 2 heterocycles. The average Bonchev–Trinajstić information content (AvgIpc) is 3.41. The molecule has 1 aliphatic heterocycles. The average molecular weight is 536 g/mol. The molecule has 0 spiro atoms. The third kappa shape index (κ3) is 8.30. The molecule has 0 aliphatic carbocycles. The number of benzene rings is 2. The quantitative estimate of drug-likeness (QED) is 0.185. The van der Waals surface area contributed by atoms with E-state index in [0.717, 1.165) is 23.3 Å². The number of anilines is 2. The summed E-state index contributed by atoms with van der Waals surface area (Å²) in [7, 11) is 0. The van der Waals surface area contributed by atoms with Gasteiger partial charge in [0.2, 0.25) is 0 Å². The van der Waals surface area contributed by atoms with Crippen LogP contribution in [0.15, 0.2) is 59.1 Å². The summed E-state index contributed by atoms with van der Waals surface area (Å²) in [5, 5.41) is 29.1. The van der Waals surface area contributed by atoms with Gasteiger partial charge in [0, 0.05) is 34.7 Å². The zero-order valence-corrected chi connectivity index (χ0v) is 22.3. The van der Waals surface area contributed by atoms with E-state index in [1.54, 1.807) is 18.2 Å². The maximum absolute atomic E-state index is 12.3. The number of aliphatic hydroxyl groups is 1. The molecule has 1 aromatic heterocycles. The fourth-order valence-electron chi connectivity index (χ4n) is 3.88. The van der Waals surface area contributed by atoms with Crippen LogP contribution in [0.4, 0.5) is 16.3 Å². The van der Waals surface area contributed by atoms with Crippen LogP contribution in [-0.2, 0) is 10.2 Å². The number of aliphatic hydroxyl groups excluding tert-OH is 1. The van der Waals surface area contributed by atoms with Gasteiger partial charge in [-0.3, -0.25) is 5.32 Å². The van der Waals surface area contributed by atoms with Gasteiger partial charge in [-0.15, -0.1) is 0 Å². The van der Waals surface area contributed by atoms with Gasteiger partial charge in [-0.05, 0) is 48.5 Å². The van der Waals surface area contributed by atoms with Gasteiger partial charge in [-0.1, -0.05) is 30.8 Å². The minimum absolute atomic E-state index is 0.0520. The molecule has 10 heteroatoms. The van der Waals surface area contributed by atoms with Crippen molar-refractivity contribution >= 4 is 17.5 Å². The number of nitrogens with one attached hydrogen (secondary N) is 2. The van der Waals surface area contributed by atoms with Crippen molar-refractivity contribution in [1.29, 1.82) is 0 Å². The highest BCUT2D eigenvalue weighted by molar-refractivity contribution is 5.99. The van der Waals surface area contributed by atoms with Gasteiger partial charge in [-0.25, -0.2) is 10.0 Å². The molecule has 1 aliphatic rings. The number of hydroxylamine groups is 3. The predicted molar refractivity (Wildman–Crippen MR) is 146 cm³/mol. The Labute approximate surface area is 228 Å². The standard InChI is InChI=1S/C29H34N4O6/c1-29(2,21-34)26-20-27(32-39-26)31-28(35)30-24-10-6-22(7-11-24)4-5-23-8-12-25(13-9-23)38-17-3-14-33(36)15-18-37-19-16-33/h6-13,20,34,36H,3,14-19,21H2,1-2H3,(H-,30,31,32,35)/p+1. The van der Waals surface area contributed by atoms with E-state index in [2.05, 4.69) is 27.6 Å². The summed E-state index contributed by atoms with van der Waals surface area (Å²) in [6.07, 6.45) is 0.759. The molecule has 1 saturated heterocycles. The fraction of sp³-hybridized carbons (Fsp3) is 0.379. The molecule has 4 N–H and O–H groups in total. The lowest BCUT2D eigenvalue weighted by Gasteiger charge is -2.33. The third-order valence-electron chi connectivity index (χ3n) is 6.45. The number of carbonyl (C=O) groups is 1. The minimum Gasteiger partial charge on any atom is -0.493 e. The number of quaternary nitrogens is 1. The Morgan fingerprint density at radius 2 is 1.69 bits per heavy atom. The van der Waals surface area contributed by atoms with Gasteiger partial charge in [0.1, 0.15) is 31.1 Å². The highest BCUT2D eigenvalue weighted by Crippen LogP contribution is 2.24. The predicted octanol–water partition coefficient (Wildman–Crippen LogP) is 3.99. The highest BCUT2D eigenvalue weighted by Gasteiger charge is 2.28. The summed E-state index contributed by atoms with van der Waals surface area (Å²) in [6, 6.07) is 15.9. The smallest absolute Gasteiger partial charge is 0.324 e. The van der Waals surface area contributed by atoms with Crippen molar-refractivity contribution in [3.05, 3.63) is 71.5 Å². The molecule has 10 nitrogen and oxygen atoms in total. The summed E-state index contributed by atoms with van der Waals surface area (Å²) in [6.45, 7) is 7.14. The molecule has 0 saturated carbocycles. The number of aromatic nitrogens is 1. The molecule has 39 heavy (non-hydrogen) atoms. The SMILES string of the molecule is CC(C)(CO)c1cc(NC(=O)Nc2ccc(C#Cc3ccc(OCCC[N+]4(O)CCOCC4)cc3)cc2)no1. The molecule has 4 rings (SSSR count). The number of morpholine rings is 1. The van der Waals surface area contributed by atoms with Crippen molar-refractivity contribution in [2.75, 3.05) is 56.7 Å². The third-order valence-corrected chi connectivity index (χ3v) is 6.45. The Morgan fingerprint density at radius 1 is 1.05 bits per heavy atom. The van der Waals surface area contributed by atoms with Crippen LogP contribution in [0.25, 0.3) is 0 Å². The van der Waals surface area contributed by atoms with E-state index in [1.807, 2.05) is 50.2 Å². The first-order valence-corrected chi connectivity index (χ1v) is 12.9. The Bertz CT molecular complexity index is 1290. The Kier molecular flexibility index (Phi) is 9.22. The normalized spacial score (nSPS) is 14.7. The first-order chi connectivity index (χ1) is 18.7. The first kappa shape index (κ1) is 28.1. The first-order valence-electron chi connectivity index (χ1n) is 12.9. The number of amides is 2. The van der Waals surface area contributed by atoms with Crippen LogP contribution in [0.2, 0.25) is 0 Å². The van der Waals surface area contributed by atoms with Crippen molar-refractivity contribution in [3.8, 4) is 17.6 Å². The van der Waals surface area contributed by atoms with E-state index < -0.39 is 11.4 Å². The molecule has 2 aromatic carbocycles. The lowest BCUT2D eigenvalue weighted by atomic mass is 9.92. The van der Waals surface area contributed by atoms with Gasteiger partial charge in [-0.2, -0.15) is 4.65 Å². The molecule has 206 valence electrons. The van der Waals surface area contributed by atoms with Crippen LogP contribution < -0.4 is 15.4 Å². The second kappa shape index (κ2) is 12.8. The number of ether oxygens (including phenoxy) is 2. The van der Waals surface area contributed by atoms with Crippen LogP contribution in [0.3, 0.4) is 0 Å². The van der Waals surface area contributed by atoms with Crippen LogP contribution in [0, 0.1) is 11.8 Å². The van der Waals surface area contributed by atoms with Gasteiger partial charge >= 0.3 is 6.03 Å². The molecular weight excluding hydrogens is 500 g/mol. The zero-order valence-electron chi connectivity index (χ0n) is 22.3. The molecule has 0 bridgehead atoms. The van der Waals surface area contributed by atoms with Crippen molar-refractivity contribution in [1.82, 2.24) is 5.16 Å². The van der Waals surface area contributed by atoms with E-state index in [0.29, 0.717) is 50.9 Å². The van der Waals surface area contributed by atoms with Crippen molar-refractivity contribution in [2.24, 2.45) is 0 Å². The molecule has 3 aromatic rings. The summed E-state index contributed by atoms with van der Waals surface area (Å²) in [5.41, 5.74) is 1.67. The lowest BCUT2D eigenvalue weighted by molar-refractivity contribution is -1.11. The molecule has 0 unspecified atom stereocenters. The highest BCUT2D eigenvalue weighted by atomic mass is 16.6. The number of rotatable bonds is 9. The number of carbonyl (C=O) groups excluding carboxylic acids is 1. The molecule has 0 atom stereocenters. The number of hydrogen-bond donors (Lipinski definition) is 4. The topological polar surface area (TPSA) is 126 Å². The fourth-order valence-corrected chi connectivity index (χ4v) is 3.88. The molecular formula is C29H35N4O6+. The van der Waals surface area contributed by atoms with E-state index >= 15 is 0 Å². The van der Waals surface area contributed by atoms with Gasteiger partial charge in [0.15, 0.2) is 5.82 Å². The lowest BCUT2D eigenvalue weighted by Crippen LogP contribution is -2.53. The summed E-state index contributed by atoms with van der Waals surface area (Å²) in [4.78, 5) is 12.3. The minimum atomic E-state index is -0.592. The maximum atomic E-state index is 12.3. The largest absolute Gasteiger partial charge is 0.493 e. The summed E-state index contributed by atoms with van der Waals surface area (Å²) in [5.74, 6) is 7.74. The number of urea groups is 1. The van der Waals surface area contributed by atoms with Crippen LogP contribution in [-0.4, -0.2) is 72.2 Å². The second-order valence-corrected chi connectivity index (χ2v) is 10.1. The maximum Gasteiger partial charge on any atom is 0.324 e. The molecule has 0 radical (unpaired) electrons. The van der Waals surface area contributed by atoms with Crippen LogP contribution >= 0.6 is 0 Å². The Balaban J connectivity index is 1.22. The summed E-state index contributed by atoms with van der Waals surface area (Å²) < 4.78 is 16.4. The number of nitrogens with zero attached hydrogens (tertiary/aromatic N) is 2. The molecule has 1 fully saturated rings. The second-order valence-electron chi connectivity index (χ2n) is 10.1. The van der Waals surface area contributed by atoms with Gasteiger partial charge in [0.05, 0.1) is 26.4 Å². The number of hydrogen-bond acceptors (Lipinski definition) is 7. The van der Waals surface area contributed by atoms with Crippen molar-refractivity contribution in [2.45, 2.75) is 25.7 Å². The monoisotopic (exact) mass is 535 g/mol. The molecule has 2 amide bonds. The summed E-state index contributed by atoms with van der Waals surface area (Å²) >= 11 is 0. The zero-order chi connectivity index (χ0) is 27.7. The van der Waals surface area contributed by atoms with Crippen molar-refractivity contribution in [3.63, 3.8) is 0 Å². The van der Waals surface area contributed by atoms with Gasteiger partial charge < -0.3 is 24.4 Å². The van der Waals surface area contributed by atoms with Gasteiger partial charge in [0.25, 0.3) is 0 Å². The van der Waals surface area contributed by atoms with Crippen LogP contribution in [0.5, 0.6) is 5.75 Å².